The van der Waals surface area contributed by atoms with Crippen LogP contribution < -0.4 is 16.4 Å². The van der Waals surface area contributed by atoms with Crippen LogP contribution in [0.25, 0.3) is 0 Å². The highest BCUT2D eigenvalue weighted by Gasteiger charge is 2.24. The van der Waals surface area contributed by atoms with Gasteiger partial charge in [0, 0.05) is 13.1 Å². The first kappa shape index (κ1) is 8.96. The van der Waals surface area contributed by atoms with Gasteiger partial charge in [0.15, 0.2) is 0 Å². The molecule has 0 aromatic carbocycles. The zero-order valence-corrected chi connectivity index (χ0v) is 7.66. The molecule has 74 valence electrons. The van der Waals surface area contributed by atoms with E-state index in [4.69, 9.17) is 5.73 Å². The minimum absolute atomic E-state index is 0.0148. The van der Waals surface area contributed by atoms with Gasteiger partial charge in [-0.25, -0.2) is 4.98 Å². The van der Waals surface area contributed by atoms with Crippen molar-refractivity contribution >= 4 is 17.4 Å². The van der Waals surface area contributed by atoms with Crippen molar-refractivity contribution in [2.45, 2.75) is 0 Å². The number of carbonyl (C=O) groups excluding carboxylic acids is 1. The Balaban J connectivity index is 1.96. The monoisotopic (exact) mass is 192 g/mol. The highest BCUT2D eigenvalue weighted by atomic mass is 16.2. The lowest BCUT2D eigenvalue weighted by Gasteiger charge is -2.25. The molecule has 1 aromatic rings. The maximum absolute atomic E-state index is 11.5. The summed E-state index contributed by atoms with van der Waals surface area (Å²) >= 11 is 0. The lowest BCUT2D eigenvalue weighted by Crippen LogP contribution is -2.48. The summed E-state index contributed by atoms with van der Waals surface area (Å²) in [6.07, 6.45) is 1.52. The van der Waals surface area contributed by atoms with E-state index in [0.717, 1.165) is 13.1 Å². The average Bonchev–Trinajstić information content (AvgIpc) is 2.06. The fraction of sp³-hybridized carbons (Fsp3) is 0.333. The standard InChI is InChI=1S/C9H12N4O/c10-7-1-2-8(12-5-7)13-9(14)6-3-11-4-6/h1-2,5-6,11H,3-4,10H2,(H,12,13,14). The van der Waals surface area contributed by atoms with E-state index in [1.807, 2.05) is 0 Å². The molecule has 0 atom stereocenters. The van der Waals surface area contributed by atoms with Gasteiger partial charge in [0.25, 0.3) is 0 Å². The molecule has 2 rings (SSSR count). The van der Waals surface area contributed by atoms with Gasteiger partial charge in [0.1, 0.15) is 5.82 Å². The Morgan fingerprint density at radius 3 is 2.86 bits per heavy atom. The Bertz CT molecular complexity index is 331. The van der Waals surface area contributed by atoms with Crippen LogP contribution in [0.5, 0.6) is 0 Å². The van der Waals surface area contributed by atoms with Crippen LogP contribution in [0.15, 0.2) is 18.3 Å². The smallest absolute Gasteiger partial charge is 0.231 e. The molecule has 1 aliphatic heterocycles. The Morgan fingerprint density at radius 2 is 2.36 bits per heavy atom. The van der Waals surface area contributed by atoms with Crippen LogP contribution in [0.2, 0.25) is 0 Å². The number of nitrogens with two attached hydrogens (primary N) is 1. The van der Waals surface area contributed by atoms with Crippen molar-refractivity contribution in [1.82, 2.24) is 10.3 Å². The second-order valence-electron chi connectivity index (χ2n) is 3.32. The quantitative estimate of drug-likeness (QED) is 0.607. The maximum Gasteiger partial charge on any atom is 0.231 e. The van der Waals surface area contributed by atoms with E-state index in [2.05, 4.69) is 15.6 Å². The summed E-state index contributed by atoms with van der Waals surface area (Å²) in [6.45, 7) is 1.50. The van der Waals surface area contributed by atoms with E-state index in [-0.39, 0.29) is 11.8 Å². The van der Waals surface area contributed by atoms with Gasteiger partial charge in [-0.3, -0.25) is 4.79 Å². The van der Waals surface area contributed by atoms with Crippen molar-refractivity contribution in [1.29, 1.82) is 0 Å². The molecule has 14 heavy (non-hydrogen) atoms. The lowest BCUT2D eigenvalue weighted by molar-refractivity contribution is -0.121. The lowest BCUT2D eigenvalue weighted by atomic mass is 10.0. The molecule has 0 spiro atoms. The van der Waals surface area contributed by atoms with Crippen molar-refractivity contribution < 1.29 is 4.79 Å². The SMILES string of the molecule is Nc1ccc(NC(=O)C2CNC2)nc1. The van der Waals surface area contributed by atoms with E-state index in [1.165, 1.54) is 6.20 Å². The topological polar surface area (TPSA) is 80.0 Å². The van der Waals surface area contributed by atoms with Crippen LogP contribution in [0.3, 0.4) is 0 Å². The second kappa shape index (κ2) is 3.63. The van der Waals surface area contributed by atoms with Gasteiger partial charge in [-0.15, -0.1) is 0 Å². The van der Waals surface area contributed by atoms with Crippen molar-refractivity contribution in [3.63, 3.8) is 0 Å². The van der Waals surface area contributed by atoms with Gasteiger partial charge in [-0.1, -0.05) is 0 Å². The summed E-state index contributed by atoms with van der Waals surface area (Å²) in [6, 6.07) is 3.40. The highest BCUT2D eigenvalue weighted by Crippen LogP contribution is 2.09. The zero-order valence-electron chi connectivity index (χ0n) is 7.66. The molecule has 0 unspecified atom stereocenters. The second-order valence-corrected chi connectivity index (χ2v) is 3.32. The fourth-order valence-electron chi connectivity index (χ4n) is 1.18. The van der Waals surface area contributed by atoms with Gasteiger partial charge < -0.3 is 16.4 Å². The summed E-state index contributed by atoms with van der Waals surface area (Å²) in [4.78, 5) is 15.4. The van der Waals surface area contributed by atoms with Crippen molar-refractivity contribution in [2.24, 2.45) is 5.92 Å². The predicted molar refractivity (Wildman–Crippen MR) is 53.6 cm³/mol. The van der Waals surface area contributed by atoms with Crippen LogP contribution in [-0.4, -0.2) is 24.0 Å². The minimum atomic E-state index is 0.0148. The molecule has 2 heterocycles. The number of nitrogens with zero attached hydrogens (tertiary/aromatic N) is 1. The average molecular weight is 192 g/mol. The van der Waals surface area contributed by atoms with Crippen LogP contribution in [0, 0.1) is 5.92 Å². The predicted octanol–water partition coefficient (Wildman–Crippen LogP) is -0.178. The summed E-state index contributed by atoms with van der Waals surface area (Å²) in [5.74, 6) is 0.645. The molecule has 1 aliphatic rings. The first-order chi connectivity index (χ1) is 6.75. The number of rotatable bonds is 2. The first-order valence-corrected chi connectivity index (χ1v) is 4.49. The summed E-state index contributed by atoms with van der Waals surface area (Å²) in [7, 11) is 0. The molecule has 1 saturated heterocycles. The van der Waals surface area contributed by atoms with E-state index >= 15 is 0 Å². The number of carbonyl (C=O) groups is 1. The number of nitrogen functional groups attached to an aromatic ring is 1. The molecule has 0 saturated carbocycles. The number of nitrogens with one attached hydrogen (secondary N) is 2. The van der Waals surface area contributed by atoms with E-state index in [9.17, 15) is 4.79 Å². The number of amides is 1. The number of pyridine rings is 1. The molecule has 4 N–H and O–H groups in total. The van der Waals surface area contributed by atoms with Gasteiger partial charge in [0.05, 0.1) is 17.8 Å². The summed E-state index contributed by atoms with van der Waals surface area (Å²) in [5.41, 5.74) is 6.06. The Kier molecular flexibility index (Phi) is 2.32. The number of hydrogen-bond donors (Lipinski definition) is 3. The number of anilines is 2. The first-order valence-electron chi connectivity index (χ1n) is 4.49. The molecule has 1 aromatic heterocycles. The molecule has 5 nitrogen and oxygen atoms in total. The summed E-state index contributed by atoms with van der Waals surface area (Å²) < 4.78 is 0. The largest absolute Gasteiger partial charge is 0.397 e. The van der Waals surface area contributed by atoms with Crippen molar-refractivity contribution in [3.05, 3.63) is 18.3 Å². The number of hydrogen-bond acceptors (Lipinski definition) is 4. The highest BCUT2D eigenvalue weighted by molar-refractivity contribution is 5.92. The van der Waals surface area contributed by atoms with Crippen LogP contribution in [0.4, 0.5) is 11.5 Å². The van der Waals surface area contributed by atoms with E-state index < -0.39 is 0 Å². The van der Waals surface area contributed by atoms with Gasteiger partial charge in [-0.05, 0) is 12.1 Å². The van der Waals surface area contributed by atoms with Crippen LogP contribution >= 0.6 is 0 Å². The Labute approximate surface area is 81.7 Å². The van der Waals surface area contributed by atoms with Gasteiger partial charge in [0.2, 0.25) is 5.91 Å². The molecular formula is C9H12N4O. The molecule has 0 radical (unpaired) electrons. The molecule has 1 amide bonds. The van der Waals surface area contributed by atoms with E-state index in [1.54, 1.807) is 12.1 Å². The zero-order chi connectivity index (χ0) is 9.97. The van der Waals surface area contributed by atoms with Gasteiger partial charge in [-0.2, -0.15) is 0 Å². The molecule has 0 bridgehead atoms. The summed E-state index contributed by atoms with van der Waals surface area (Å²) in [5, 5.41) is 5.76. The van der Waals surface area contributed by atoms with Crippen LogP contribution in [0.1, 0.15) is 0 Å². The third-order valence-corrected chi connectivity index (χ3v) is 2.19. The number of aromatic nitrogens is 1. The van der Waals surface area contributed by atoms with E-state index in [0.29, 0.717) is 11.5 Å². The maximum atomic E-state index is 11.5. The third kappa shape index (κ3) is 1.82. The Morgan fingerprint density at radius 1 is 1.57 bits per heavy atom. The van der Waals surface area contributed by atoms with Gasteiger partial charge >= 0.3 is 0 Å². The molecule has 1 fully saturated rings. The van der Waals surface area contributed by atoms with Crippen LogP contribution in [-0.2, 0) is 4.79 Å². The third-order valence-electron chi connectivity index (χ3n) is 2.19. The minimum Gasteiger partial charge on any atom is -0.397 e. The molecular weight excluding hydrogens is 180 g/mol. The molecule has 0 aliphatic carbocycles. The fourth-order valence-corrected chi connectivity index (χ4v) is 1.18. The normalized spacial score (nSPS) is 16.0. The van der Waals surface area contributed by atoms with Crippen molar-refractivity contribution in [3.8, 4) is 0 Å². The molecule has 5 heteroatoms. The van der Waals surface area contributed by atoms with Crippen molar-refractivity contribution in [2.75, 3.05) is 24.1 Å². The Hall–Kier alpha value is -1.62.